The lowest BCUT2D eigenvalue weighted by Crippen LogP contribution is -2.05. The number of hydrogen-bond acceptors (Lipinski definition) is 8. The first-order chi connectivity index (χ1) is 30.5. The van der Waals surface area contributed by atoms with Gasteiger partial charge in [-0.15, -0.1) is 12.3 Å². The summed E-state index contributed by atoms with van der Waals surface area (Å²) in [6.45, 7) is 1.99. The second kappa shape index (κ2) is 22.7. The van der Waals surface area contributed by atoms with Crippen LogP contribution in [0, 0.1) is 12.3 Å². The van der Waals surface area contributed by atoms with E-state index in [1.807, 2.05) is 176 Å². The quantitative estimate of drug-likeness (QED) is 0.0494. The maximum atomic E-state index is 12.4. The van der Waals surface area contributed by atoms with Gasteiger partial charge in [0.2, 0.25) is 0 Å². The second-order valence-electron chi connectivity index (χ2n) is 14.5. The maximum absolute atomic E-state index is 12.4. The van der Waals surface area contributed by atoms with Gasteiger partial charge in [0.05, 0.1) is 6.42 Å². The van der Waals surface area contributed by atoms with Crippen molar-refractivity contribution in [1.82, 2.24) is 0 Å². The van der Waals surface area contributed by atoms with Crippen LogP contribution in [0.4, 0.5) is 0 Å². The van der Waals surface area contributed by atoms with Gasteiger partial charge in [0.25, 0.3) is 0 Å². The normalized spacial score (nSPS) is 10.6. The number of benzene rings is 7. The summed E-state index contributed by atoms with van der Waals surface area (Å²) in [5.74, 6) is 5.74. The Hall–Kier alpha value is -7.63. The lowest BCUT2D eigenvalue weighted by atomic mass is 10.2. The monoisotopic (exact) mass is 824 g/mol. The van der Waals surface area contributed by atoms with Crippen LogP contribution >= 0.6 is 0 Å². The predicted molar refractivity (Wildman–Crippen MR) is 239 cm³/mol. The van der Waals surface area contributed by atoms with E-state index >= 15 is 0 Å². The van der Waals surface area contributed by atoms with Gasteiger partial charge in [0.1, 0.15) is 80.7 Å². The van der Waals surface area contributed by atoms with Gasteiger partial charge in [-0.05, 0) is 75.3 Å². The predicted octanol–water partition coefficient (Wildman–Crippen LogP) is 11.6. The van der Waals surface area contributed by atoms with Crippen molar-refractivity contribution in [3.05, 3.63) is 215 Å². The Kier molecular flexibility index (Phi) is 15.5. The molecule has 0 radical (unpaired) electrons. The molecule has 0 aliphatic carbocycles. The standard InChI is InChI=1S/C54H48O8/c1-2-3-24-54(55)62-40-47-29-52(60-38-45-25-48(56-34-41-16-8-4-9-17-41)31-49(26-45)57-35-42-18-10-5-11-19-42)33-53(30-47)61-39-46-27-50(58-36-43-20-12-6-13-21-43)32-51(28-46)59-37-44-22-14-7-15-23-44/h1,4-23,25-33H,3,24,34-40H2. The van der Waals surface area contributed by atoms with Crippen LogP contribution < -0.4 is 28.4 Å². The minimum atomic E-state index is -0.387. The third kappa shape index (κ3) is 14.0. The van der Waals surface area contributed by atoms with Crippen LogP contribution in [0.15, 0.2) is 176 Å². The zero-order chi connectivity index (χ0) is 42.6. The van der Waals surface area contributed by atoms with E-state index in [0.717, 1.165) is 33.4 Å². The molecule has 0 spiro atoms. The summed E-state index contributed by atoms with van der Waals surface area (Å²) >= 11 is 0. The van der Waals surface area contributed by atoms with Crippen LogP contribution in [0.2, 0.25) is 0 Å². The molecule has 7 rings (SSSR count). The smallest absolute Gasteiger partial charge is 0.307 e. The van der Waals surface area contributed by atoms with Crippen LogP contribution in [0.3, 0.4) is 0 Å². The van der Waals surface area contributed by atoms with Gasteiger partial charge >= 0.3 is 5.97 Å². The molecular weight excluding hydrogens is 777 g/mol. The molecule has 62 heavy (non-hydrogen) atoms. The van der Waals surface area contributed by atoms with Crippen molar-refractivity contribution in [2.75, 3.05) is 0 Å². The number of esters is 1. The van der Waals surface area contributed by atoms with Crippen molar-refractivity contribution in [3.8, 4) is 46.8 Å². The highest BCUT2D eigenvalue weighted by Crippen LogP contribution is 2.30. The van der Waals surface area contributed by atoms with Crippen LogP contribution in [0.5, 0.6) is 34.5 Å². The third-order valence-electron chi connectivity index (χ3n) is 9.50. The number of ether oxygens (including phenoxy) is 7. The molecule has 7 aromatic rings. The molecule has 0 heterocycles. The fourth-order valence-electron chi connectivity index (χ4n) is 6.35. The van der Waals surface area contributed by atoms with Crippen molar-refractivity contribution in [2.24, 2.45) is 0 Å². The first-order valence-corrected chi connectivity index (χ1v) is 20.5. The van der Waals surface area contributed by atoms with E-state index in [2.05, 4.69) is 5.92 Å². The molecule has 0 amide bonds. The Bertz CT molecular complexity index is 2220. The first-order valence-electron chi connectivity index (χ1n) is 20.5. The second-order valence-corrected chi connectivity index (χ2v) is 14.5. The zero-order valence-corrected chi connectivity index (χ0v) is 34.5. The number of carbonyl (C=O) groups is 1. The average molecular weight is 825 g/mol. The van der Waals surface area contributed by atoms with Gasteiger partial charge in [-0.1, -0.05) is 121 Å². The van der Waals surface area contributed by atoms with E-state index in [9.17, 15) is 4.79 Å². The van der Waals surface area contributed by atoms with E-state index < -0.39 is 0 Å². The average Bonchev–Trinajstić information content (AvgIpc) is 3.32. The molecule has 0 saturated carbocycles. The lowest BCUT2D eigenvalue weighted by molar-refractivity contribution is -0.144. The summed E-state index contributed by atoms with van der Waals surface area (Å²) in [5.41, 5.74) is 6.55. The molecular formula is C54H48O8. The zero-order valence-electron chi connectivity index (χ0n) is 34.5. The molecule has 0 aromatic heterocycles. The molecule has 0 saturated heterocycles. The summed E-state index contributed by atoms with van der Waals surface area (Å²) in [6.07, 6.45) is 5.80. The highest BCUT2D eigenvalue weighted by atomic mass is 16.5. The molecule has 0 unspecified atom stereocenters. The van der Waals surface area contributed by atoms with Gasteiger partial charge in [0, 0.05) is 24.6 Å². The van der Waals surface area contributed by atoms with Crippen molar-refractivity contribution in [2.45, 2.75) is 59.1 Å². The molecule has 312 valence electrons. The molecule has 0 N–H and O–H groups in total. The van der Waals surface area contributed by atoms with Crippen molar-refractivity contribution in [3.63, 3.8) is 0 Å². The SMILES string of the molecule is C#CCCC(=O)OCc1cc(OCc2cc(OCc3ccccc3)cc(OCc3ccccc3)c2)cc(OCc2cc(OCc3ccccc3)cc(OCc3ccccc3)c2)c1. The number of rotatable bonds is 22. The Balaban J connectivity index is 1.09. The first kappa shape index (κ1) is 42.5. The third-order valence-corrected chi connectivity index (χ3v) is 9.50. The number of carbonyl (C=O) groups excluding carboxylic acids is 1. The fraction of sp³-hybridized carbons (Fsp3) is 0.167. The van der Waals surface area contributed by atoms with E-state index in [4.69, 9.17) is 39.6 Å². The molecule has 8 heteroatoms. The minimum absolute atomic E-state index is 0.0114. The van der Waals surface area contributed by atoms with E-state index in [0.29, 0.717) is 72.9 Å². The summed E-state index contributed by atoms with van der Waals surface area (Å²) in [5, 5.41) is 0. The summed E-state index contributed by atoms with van der Waals surface area (Å²) in [6, 6.07) is 57.0. The van der Waals surface area contributed by atoms with Gasteiger partial charge in [-0.2, -0.15) is 0 Å². The van der Waals surface area contributed by atoms with E-state index in [1.54, 1.807) is 0 Å². The molecule has 7 aromatic carbocycles. The topological polar surface area (TPSA) is 81.7 Å². The van der Waals surface area contributed by atoms with Crippen molar-refractivity contribution < 1.29 is 38.0 Å². The highest BCUT2D eigenvalue weighted by molar-refractivity contribution is 5.69. The van der Waals surface area contributed by atoms with E-state index in [1.165, 1.54) is 0 Å². The largest absolute Gasteiger partial charge is 0.489 e. The van der Waals surface area contributed by atoms with Gasteiger partial charge in [-0.25, -0.2) is 0 Å². The Labute approximate surface area is 363 Å². The molecule has 0 fully saturated rings. The summed E-state index contributed by atoms with van der Waals surface area (Å²) < 4.78 is 43.3. The number of hydrogen-bond donors (Lipinski definition) is 0. The number of terminal acetylenes is 1. The van der Waals surface area contributed by atoms with Gasteiger partial charge < -0.3 is 33.2 Å². The Morgan fingerprint density at radius 2 is 0.613 bits per heavy atom. The Morgan fingerprint density at radius 3 is 0.887 bits per heavy atom. The van der Waals surface area contributed by atoms with Crippen molar-refractivity contribution in [1.29, 1.82) is 0 Å². The van der Waals surface area contributed by atoms with Crippen LogP contribution in [0.1, 0.15) is 51.8 Å². The summed E-state index contributed by atoms with van der Waals surface area (Å²) in [7, 11) is 0. The lowest BCUT2D eigenvalue weighted by Gasteiger charge is -2.16. The van der Waals surface area contributed by atoms with Crippen molar-refractivity contribution >= 4 is 5.97 Å². The molecule has 0 atom stereocenters. The van der Waals surface area contributed by atoms with Crippen LogP contribution in [0.25, 0.3) is 0 Å². The molecule has 0 aliphatic rings. The fourth-order valence-corrected chi connectivity index (χ4v) is 6.35. The molecule has 8 nitrogen and oxygen atoms in total. The minimum Gasteiger partial charge on any atom is -0.489 e. The van der Waals surface area contributed by atoms with Crippen LogP contribution in [-0.2, 0) is 55.8 Å². The van der Waals surface area contributed by atoms with Crippen LogP contribution in [-0.4, -0.2) is 5.97 Å². The Morgan fingerprint density at radius 1 is 0.355 bits per heavy atom. The van der Waals surface area contributed by atoms with Gasteiger partial charge in [0.15, 0.2) is 0 Å². The highest BCUT2D eigenvalue weighted by Gasteiger charge is 2.12. The molecule has 0 aliphatic heterocycles. The molecule has 0 bridgehead atoms. The van der Waals surface area contributed by atoms with Gasteiger partial charge in [-0.3, -0.25) is 4.79 Å². The maximum Gasteiger partial charge on any atom is 0.307 e. The summed E-state index contributed by atoms with van der Waals surface area (Å²) in [4.78, 5) is 12.4. The van der Waals surface area contributed by atoms with E-state index in [-0.39, 0.29) is 32.2 Å².